The average molecular weight is 234 g/mol. The monoisotopic (exact) mass is 234 g/mol. The average Bonchev–Trinajstić information content (AvgIpc) is 2.54. The predicted octanol–water partition coefficient (Wildman–Crippen LogP) is 1.65. The van der Waals surface area contributed by atoms with E-state index in [0.29, 0.717) is 11.8 Å². The number of rotatable bonds is 2. The lowest BCUT2D eigenvalue weighted by atomic mass is 10.1. The molecule has 17 heavy (non-hydrogen) atoms. The highest BCUT2D eigenvalue weighted by Crippen LogP contribution is 2.15. The van der Waals surface area contributed by atoms with Gasteiger partial charge in [0.1, 0.15) is 0 Å². The summed E-state index contributed by atoms with van der Waals surface area (Å²) in [6.07, 6.45) is 3.91. The van der Waals surface area contributed by atoms with Crippen molar-refractivity contribution in [2.75, 3.05) is 31.1 Å². The zero-order valence-corrected chi connectivity index (χ0v) is 11.0. The third-order valence-electron chi connectivity index (χ3n) is 3.19. The van der Waals surface area contributed by atoms with E-state index < -0.39 is 0 Å². The summed E-state index contributed by atoms with van der Waals surface area (Å²) in [6.45, 7) is 10.7. The molecular formula is C13H22N4. The number of hydrogen-bond donors (Lipinski definition) is 1. The van der Waals surface area contributed by atoms with E-state index in [9.17, 15) is 0 Å². The Morgan fingerprint density at radius 1 is 1.35 bits per heavy atom. The van der Waals surface area contributed by atoms with Crippen LogP contribution in [0, 0.1) is 5.92 Å². The number of nitrogens with one attached hydrogen (secondary N) is 1. The summed E-state index contributed by atoms with van der Waals surface area (Å²) in [6, 6.07) is 0. The van der Waals surface area contributed by atoms with Crippen molar-refractivity contribution in [1.82, 2.24) is 15.3 Å². The molecule has 0 aliphatic carbocycles. The lowest BCUT2D eigenvalue weighted by Gasteiger charge is -2.22. The fourth-order valence-corrected chi connectivity index (χ4v) is 2.07. The predicted molar refractivity (Wildman–Crippen MR) is 70.4 cm³/mol. The van der Waals surface area contributed by atoms with Crippen molar-refractivity contribution in [2.45, 2.75) is 26.7 Å². The van der Waals surface area contributed by atoms with E-state index in [0.717, 1.165) is 32.1 Å². The van der Waals surface area contributed by atoms with Crippen molar-refractivity contribution >= 4 is 5.95 Å². The van der Waals surface area contributed by atoms with Crippen LogP contribution in [0.4, 0.5) is 5.95 Å². The maximum atomic E-state index is 4.49. The maximum Gasteiger partial charge on any atom is 0.225 e. The zero-order valence-electron chi connectivity index (χ0n) is 11.0. The maximum absolute atomic E-state index is 4.49. The highest BCUT2D eigenvalue weighted by Gasteiger charge is 2.16. The topological polar surface area (TPSA) is 41.0 Å². The first-order valence-electron chi connectivity index (χ1n) is 6.44. The Morgan fingerprint density at radius 3 is 2.71 bits per heavy atom. The van der Waals surface area contributed by atoms with Gasteiger partial charge in [0.15, 0.2) is 0 Å². The van der Waals surface area contributed by atoms with Crippen LogP contribution < -0.4 is 10.2 Å². The summed E-state index contributed by atoms with van der Waals surface area (Å²) >= 11 is 0. The standard InChI is InChI=1S/C13H22N4/c1-10(2)12-7-15-13(16-8-12)17-5-4-14-6-11(3)9-17/h7-8,10-11,14H,4-6,9H2,1-3H3. The number of aromatic nitrogens is 2. The molecule has 94 valence electrons. The van der Waals surface area contributed by atoms with E-state index in [4.69, 9.17) is 0 Å². The molecule has 4 heteroatoms. The van der Waals surface area contributed by atoms with Crippen molar-refractivity contribution in [3.05, 3.63) is 18.0 Å². The van der Waals surface area contributed by atoms with Gasteiger partial charge in [-0.05, 0) is 23.9 Å². The Morgan fingerprint density at radius 2 is 2.06 bits per heavy atom. The zero-order chi connectivity index (χ0) is 12.3. The van der Waals surface area contributed by atoms with E-state index in [1.807, 2.05) is 12.4 Å². The Bertz CT molecular complexity index is 347. The van der Waals surface area contributed by atoms with Gasteiger partial charge in [0, 0.05) is 32.0 Å². The molecule has 2 heterocycles. The first kappa shape index (κ1) is 12.3. The van der Waals surface area contributed by atoms with Crippen molar-refractivity contribution in [1.29, 1.82) is 0 Å². The second-order valence-electron chi connectivity index (χ2n) is 5.23. The molecular weight excluding hydrogens is 212 g/mol. The number of hydrogen-bond acceptors (Lipinski definition) is 4. The summed E-state index contributed by atoms with van der Waals surface area (Å²) in [5.41, 5.74) is 1.20. The first-order valence-corrected chi connectivity index (χ1v) is 6.44. The van der Waals surface area contributed by atoms with Crippen LogP contribution >= 0.6 is 0 Å². The van der Waals surface area contributed by atoms with Crippen LogP contribution in [-0.2, 0) is 0 Å². The molecule has 0 aromatic carbocycles. The number of anilines is 1. The Labute approximate surface area is 103 Å². The largest absolute Gasteiger partial charge is 0.339 e. The molecule has 0 amide bonds. The molecule has 1 aromatic rings. The van der Waals surface area contributed by atoms with Gasteiger partial charge in [-0.2, -0.15) is 0 Å². The summed E-state index contributed by atoms with van der Waals surface area (Å²) in [7, 11) is 0. The summed E-state index contributed by atoms with van der Waals surface area (Å²) < 4.78 is 0. The normalized spacial score (nSPS) is 21.6. The molecule has 0 radical (unpaired) electrons. The Kier molecular flexibility index (Phi) is 3.94. The fourth-order valence-electron chi connectivity index (χ4n) is 2.07. The van der Waals surface area contributed by atoms with Crippen molar-refractivity contribution in [2.24, 2.45) is 5.92 Å². The highest BCUT2D eigenvalue weighted by molar-refractivity contribution is 5.31. The third-order valence-corrected chi connectivity index (χ3v) is 3.19. The molecule has 2 rings (SSSR count). The smallest absolute Gasteiger partial charge is 0.225 e. The van der Waals surface area contributed by atoms with E-state index in [1.165, 1.54) is 5.56 Å². The van der Waals surface area contributed by atoms with Crippen LogP contribution in [-0.4, -0.2) is 36.1 Å². The molecule has 1 saturated heterocycles. The van der Waals surface area contributed by atoms with Gasteiger partial charge in [0.2, 0.25) is 5.95 Å². The highest BCUT2D eigenvalue weighted by atomic mass is 15.3. The lowest BCUT2D eigenvalue weighted by molar-refractivity contribution is 0.561. The summed E-state index contributed by atoms with van der Waals surface area (Å²) in [5.74, 6) is 2.00. The van der Waals surface area contributed by atoms with Gasteiger partial charge < -0.3 is 10.2 Å². The molecule has 0 bridgehead atoms. The van der Waals surface area contributed by atoms with Crippen LogP contribution in [0.1, 0.15) is 32.3 Å². The van der Waals surface area contributed by atoms with E-state index in [2.05, 4.69) is 41.0 Å². The van der Waals surface area contributed by atoms with Gasteiger partial charge in [0.05, 0.1) is 0 Å². The second-order valence-corrected chi connectivity index (χ2v) is 5.23. The molecule has 4 nitrogen and oxygen atoms in total. The van der Waals surface area contributed by atoms with Crippen LogP contribution in [0.5, 0.6) is 0 Å². The van der Waals surface area contributed by atoms with Gasteiger partial charge in [-0.15, -0.1) is 0 Å². The Balaban J connectivity index is 2.10. The van der Waals surface area contributed by atoms with Crippen molar-refractivity contribution in [3.63, 3.8) is 0 Å². The van der Waals surface area contributed by atoms with Gasteiger partial charge in [-0.25, -0.2) is 9.97 Å². The minimum atomic E-state index is 0.494. The van der Waals surface area contributed by atoms with Crippen molar-refractivity contribution < 1.29 is 0 Å². The van der Waals surface area contributed by atoms with Crippen LogP contribution in [0.25, 0.3) is 0 Å². The van der Waals surface area contributed by atoms with E-state index >= 15 is 0 Å². The van der Waals surface area contributed by atoms with E-state index in [-0.39, 0.29) is 0 Å². The molecule has 1 aliphatic rings. The Hall–Kier alpha value is -1.16. The molecule has 1 fully saturated rings. The second kappa shape index (κ2) is 5.45. The molecule has 1 aromatic heterocycles. The van der Waals surface area contributed by atoms with Crippen LogP contribution in [0.2, 0.25) is 0 Å². The molecule has 0 spiro atoms. The first-order chi connectivity index (χ1) is 8.16. The minimum absolute atomic E-state index is 0.494. The van der Waals surface area contributed by atoms with Gasteiger partial charge in [-0.1, -0.05) is 20.8 Å². The lowest BCUT2D eigenvalue weighted by Crippen LogP contribution is -2.30. The van der Waals surface area contributed by atoms with Gasteiger partial charge in [0.25, 0.3) is 0 Å². The number of nitrogens with zero attached hydrogens (tertiary/aromatic N) is 3. The molecule has 1 aliphatic heterocycles. The van der Waals surface area contributed by atoms with Gasteiger partial charge >= 0.3 is 0 Å². The van der Waals surface area contributed by atoms with Gasteiger partial charge in [-0.3, -0.25) is 0 Å². The SMILES string of the molecule is CC1CNCCN(c2ncc(C(C)C)cn2)C1. The van der Waals surface area contributed by atoms with Crippen LogP contribution in [0.15, 0.2) is 12.4 Å². The summed E-state index contributed by atoms with van der Waals surface area (Å²) in [4.78, 5) is 11.2. The fraction of sp³-hybridized carbons (Fsp3) is 0.692. The molecule has 0 saturated carbocycles. The molecule has 1 N–H and O–H groups in total. The van der Waals surface area contributed by atoms with Crippen LogP contribution in [0.3, 0.4) is 0 Å². The minimum Gasteiger partial charge on any atom is -0.339 e. The van der Waals surface area contributed by atoms with E-state index in [1.54, 1.807) is 0 Å². The molecule has 1 atom stereocenters. The summed E-state index contributed by atoms with van der Waals surface area (Å²) in [5, 5.41) is 3.43. The quantitative estimate of drug-likeness (QED) is 0.844. The molecule has 1 unspecified atom stereocenters. The van der Waals surface area contributed by atoms with Crippen molar-refractivity contribution in [3.8, 4) is 0 Å². The third kappa shape index (κ3) is 3.16.